The molecular formula is C20H18ClN7O3. The molecule has 4 aromatic rings. The zero-order valence-electron chi connectivity index (χ0n) is 16.3. The fourth-order valence-corrected chi connectivity index (χ4v) is 4.03. The lowest BCUT2D eigenvalue weighted by Crippen LogP contribution is -2.23. The molecule has 3 aromatic heterocycles. The highest BCUT2D eigenvalue weighted by atomic mass is 35.5. The molecule has 11 heteroatoms. The van der Waals surface area contributed by atoms with Gasteiger partial charge in [0.05, 0.1) is 18.0 Å². The van der Waals surface area contributed by atoms with Crippen LogP contribution in [0.1, 0.15) is 16.8 Å². The van der Waals surface area contributed by atoms with E-state index in [0.717, 1.165) is 25.2 Å². The van der Waals surface area contributed by atoms with Crippen molar-refractivity contribution in [2.24, 2.45) is 5.92 Å². The Labute approximate surface area is 180 Å². The number of aromatic nitrogens is 6. The highest BCUT2D eigenvalue weighted by molar-refractivity contribution is 6.30. The quantitative estimate of drug-likeness (QED) is 0.488. The molecular weight excluding hydrogens is 422 g/mol. The summed E-state index contributed by atoms with van der Waals surface area (Å²) in [6, 6.07) is 7.78. The zero-order valence-corrected chi connectivity index (χ0v) is 17.0. The minimum atomic E-state index is -1.10. The largest absolute Gasteiger partial charge is 0.478 e. The number of anilines is 1. The minimum absolute atomic E-state index is 0.00455. The van der Waals surface area contributed by atoms with Gasteiger partial charge >= 0.3 is 5.97 Å². The van der Waals surface area contributed by atoms with E-state index in [1.807, 2.05) is 24.3 Å². The lowest BCUT2D eigenvalue weighted by molar-refractivity contribution is 0.0697. The Morgan fingerprint density at radius 3 is 2.77 bits per heavy atom. The second kappa shape index (κ2) is 7.55. The first-order valence-corrected chi connectivity index (χ1v) is 10.1. The van der Waals surface area contributed by atoms with Crippen molar-refractivity contribution in [2.45, 2.75) is 13.0 Å². The highest BCUT2D eigenvalue weighted by Crippen LogP contribution is 2.26. The molecule has 0 saturated carbocycles. The fourth-order valence-electron chi connectivity index (χ4n) is 3.90. The summed E-state index contributed by atoms with van der Waals surface area (Å²) >= 11 is 5.98. The van der Waals surface area contributed by atoms with Crippen LogP contribution >= 0.6 is 11.6 Å². The Morgan fingerprint density at radius 1 is 1.23 bits per heavy atom. The Balaban J connectivity index is 1.37. The SMILES string of the molecule is O=C(O)c1cnn(-c2nc3cnn(C[C@H]4CCN(c5ccc(Cl)cc5)C4)c3c(=O)[nH]2)c1. The number of fused-ring (bicyclic) bond motifs is 1. The van der Waals surface area contributed by atoms with Gasteiger partial charge in [-0.3, -0.25) is 14.5 Å². The van der Waals surface area contributed by atoms with Gasteiger partial charge in [0.15, 0.2) is 5.52 Å². The van der Waals surface area contributed by atoms with Gasteiger partial charge in [-0.2, -0.15) is 10.2 Å². The van der Waals surface area contributed by atoms with Crippen LogP contribution in [0.25, 0.3) is 17.0 Å². The number of carboxylic acids is 1. The average molecular weight is 440 g/mol. The first-order chi connectivity index (χ1) is 15.0. The molecule has 2 N–H and O–H groups in total. The summed E-state index contributed by atoms with van der Waals surface area (Å²) in [5.74, 6) is -0.631. The average Bonchev–Trinajstić information content (AvgIpc) is 3.49. The number of carboxylic acid groups (broad SMARTS) is 1. The number of benzene rings is 1. The molecule has 31 heavy (non-hydrogen) atoms. The number of hydrogen-bond donors (Lipinski definition) is 2. The van der Waals surface area contributed by atoms with Gasteiger partial charge in [-0.05, 0) is 36.6 Å². The predicted octanol–water partition coefficient (Wildman–Crippen LogP) is 2.18. The summed E-state index contributed by atoms with van der Waals surface area (Å²) in [4.78, 5) is 33.2. The lowest BCUT2D eigenvalue weighted by Gasteiger charge is -2.18. The summed E-state index contributed by atoms with van der Waals surface area (Å²) in [6.45, 7) is 2.38. The first-order valence-electron chi connectivity index (χ1n) is 9.72. The highest BCUT2D eigenvalue weighted by Gasteiger charge is 2.24. The number of carbonyl (C=O) groups is 1. The Hall–Kier alpha value is -3.66. The van der Waals surface area contributed by atoms with Crippen LogP contribution in [0.3, 0.4) is 0 Å². The van der Waals surface area contributed by atoms with Crippen molar-refractivity contribution >= 4 is 34.3 Å². The number of nitrogens with zero attached hydrogens (tertiary/aromatic N) is 6. The van der Waals surface area contributed by atoms with Crippen molar-refractivity contribution < 1.29 is 9.90 Å². The summed E-state index contributed by atoms with van der Waals surface area (Å²) in [5.41, 5.74) is 1.60. The van der Waals surface area contributed by atoms with Crippen molar-refractivity contribution in [1.29, 1.82) is 0 Å². The maximum absolute atomic E-state index is 12.8. The molecule has 0 unspecified atom stereocenters. The van der Waals surface area contributed by atoms with E-state index in [4.69, 9.17) is 16.7 Å². The molecule has 1 saturated heterocycles. The van der Waals surface area contributed by atoms with Gasteiger partial charge in [0, 0.05) is 36.5 Å². The van der Waals surface area contributed by atoms with E-state index >= 15 is 0 Å². The van der Waals surface area contributed by atoms with E-state index in [9.17, 15) is 9.59 Å². The lowest BCUT2D eigenvalue weighted by atomic mass is 10.1. The van der Waals surface area contributed by atoms with Gasteiger partial charge in [0.2, 0.25) is 5.95 Å². The molecule has 1 aliphatic rings. The number of aromatic amines is 1. The van der Waals surface area contributed by atoms with Crippen LogP contribution in [0.4, 0.5) is 5.69 Å². The van der Waals surface area contributed by atoms with Crippen LogP contribution in [0.5, 0.6) is 0 Å². The second-order valence-corrected chi connectivity index (χ2v) is 7.94. The van der Waals surface area contributed by atoms with Gasteiger partial charge in [-0.15, -0.1) is 0 Å². The Bertz CT molecular complexity index is 1320. The number of aromatic carboxylic acids is 1. The molecule has 4 heterocycles. The van der Waals surface area contributed by atoms with E-state index in [2.05, 4.69) is 25.1 Å². The number of H-pyrrole nitrogens is 1. The summed E-state index contributed by atoms with van der Waals surface area (Å²) < 4.78 is 2.91. The van der Waals surface area contributed by atoms with Gasteiger partial charge in [0.1, 0.15) is 5.52 Å². The van der Waals surface area contributed by atoms with Crippen molar-refractivity contribution in [3.8, 4) is 5.95 Å². The zero-order chi connectivity index (χ0) is 21.5. The number of nitrogens with one attached hydrogen (secondary N) is 1. The second-order valence-electron chi connectivity index (χ2n) is 7.51. The first kappa shape index (κ1) is 19.3. The monoisotopic (exact) mass is 439 g/mol. The van der Waals surface area contributed by atoms with E-state index < -0.39 is 5.97 Å². The Kier molecular flexibility index (Phi) is 4.70. The Morgan fingerprint density at radius 2 is 2.03 bits per heavy atom. The topological polar surface area (TPSA) is 122 Å². The molecule has 1 aromatic carbocycles. The summed E-state index contributed by atoms with van der Waals surface area (Å²) in [6.07, 6.45) is 5.02. The molecule has 10 nitrogen and oxygen atoms in total. The van der Waals surface area contributed by atoms with Crippen LogP contribution in [-0.4, -0.2) is 53.7 Å². The smallest absolute Gasteiger partial charge is 0.338 e. The van der Waals surface area contributed by atoms with Gasteiger partial charge in [-0.25, -0.2) is 14.5 Å². The number of halogens is 1. The third-order valence-corrected chi connectivity index (χ3v) is 5.69. The number of hydrogen-bond acceptors (Lipinski definition) is 6. The van der Waals surface area contributed by atoms with Gasteiger partial charge in [0.25, 0.3) is 5.56 Å². The normalized spacial score (nSPS) is 16.3. The van der Waals surface area contributed by atoms with Crippen LogP contribution in [0, 0.1) is 5.92 Å². The maximum Gasteiger partial charge on any atom is 0.338 e. The third kappa shape index (κ3) is 3.66. The molecule has 0 aliphatic carbocycles. The molecule has 0 amide bonds. The molecule has 5 rings (SSSR count). The summed E-state index contributed by atoms with van der Waals surface area (Å²) in [7, 11) is 0. The van der Waals surface area contributed by atoms with E-state index in [1.165, 1.54) is 17.1 Å². The van der Waals surface area contributed by atoms with E-state index in [0.29, 0.717) is 28.5 Å². The fraction of sp³-hybridized carbons (Fsp3) is 0.250. The van der Waals surface area contributed by atoms with Crippen molar-refractivity contribution in [2.75, 3.05) is 18.0 Å². The molecule has 158 valence electrons. The predicted molar refractivity (Wildman–Crippen MR) is 114 cm³/mol. The van der Waals surface area contributed by atoms with Crippen molar-refractivity contribution in [3.05, 3.63) is 63.8 Å². The van der Waals surface area contributed by atoms with E-state index in [-0.39, 0.29) is 17.1 Å². The third-order valence-electron chi connectivity index (χ3n) is 5.44. The van der Waals surface area contributed by atoms with Crippen LogP contribution in [-0.2, 0) is 6.54 Å². The van der Waals surface area contributed by atoms with Gasteiger partial charge in [-0.1, -0.05) is 11.6 Å². The molecule has 1 aliphatic heterocycles. The van der Waals surface area contributed by atoms with Crippen LogP contribution < -0.4 is 10.5 Å². The molecule has 0 spiro atoms. The molecule has 1 fully saturated rings. The van der Waals surface area contributed by atoms with Crippen LogP contribution in [0.2, 0.25) is 5.02 Å². The molecule has 0 bridgehead atoms. The summed E-state index contributed by atoms with van der Waals surface area (Å²) in [5, 5.41) is 18.1. The van der Waals surface area contributed by atoms with E-state index in [1.54, 1.807) is 10.9 Å². The van der Waals surface area contributed by atoms with Crippen LogP contribution in [0.15, 0.2) is 47.7 Å². The van der Waals surface area contributed by atoms with Crippen molar-refractivity contribution in [3.63, 3.8) is 0 Å². The molecule has 1 atom stereocenters. The minimum Gasteiger partial charge on any atom is -0.478 e. The van der Waals surface area contributed by atoms with Crippen molar-refractivity contribution in [1.82, 2.24) is 29.5 Å². The maximum atomic E-state index is 12.8. The standard InChI is InChI=1S/C20H18ClN7O3/c21-14-1-3-15(4-2-14)26-6-5-12(9-26)10-27-17-16(8-23-27)24-20(25-18(17)29)28-11-13(7-22-28)19(30)31/h1-4,7-8,11-12H,5-6,9-10H2,(H,30,31)(H,24,25,29)/t12-/m0/s1. The van der Waals surface area contributed by atoms with Gasteiger partial charge < -0.3 is 10.0 Å². The molecule has 0 radical (unpaired) electrons. The number of rotatable bonds is 5.